The Hall–Kier alpha value is -2.48. The molecule has 1 aromatic carbocycles. The summed E-state index contributed by atoms with van der Waals surface area (Å²) in [5.74, 6) is 0.241. The highest BCUT2D eigenvalue weighted by Gasteiger charge is 2.35. The van der Waals surface area contributed by atoms with Crippen LogP contribution in [0.5, 0.6) is 5.75 Å². The fourth-order valence-electron chi connectivity index (χ4n) is 6.41. The number of nitrogens with one attached hydrogen (secondary N) is 2. The van der Waals surface area contributed by atoms with Gasteiger partial charge in [-0.25, -0.2) is 0 Å². The highest BCUT2D eigenvalue weighted by Crippen LogP contribution is 2.39. The highest BCUT2D eigenvalue weighted by atomic mass is 16.3. The lowest BCUT2D eigenvalue weighted by atomic mass is 9.91. The molecule has 3 aromatic rings. The van der Waals surface area contributed by atoms with Gasteiger partial charge in [-0.3, -0.25) is 4.90 Å². The quantitative estimate of drug-likeness (QED) is 0.572. The van der Waals surface area contributed by atoms with E-state index in [0.717, 1.165) is 41.3 Å². The summed E-state index contributed by atoms with van der Waals surface area (Å²) in [6.45, 7) is 8.24. The third kappa shape index (κ3) is 3.82. The zero-order valence-electron chi connectivity index (χ0n) is 19.4. The molecule has 1 atom stereocenters. The average Bonchev–Trinajstić information content (AvgIpc) is 3.24. The van der Waals surface area contributed by atoms with Crippen LogP contribution in [-0.2, 0) is 6.42 Å². The Morgan fingerprint density at radius 2 is 1.76 bits per heavy atom. The fraction of sp³-hybridized carbons (Fsp3) is 0.538. The SMILES string of the molecule is CC1c2c([nH]c3nnc(-c4ccccc4O)cc23)CCN1C1CCN(C2CCNCC2)CC1. The third-order valence-corrected chi connectivity index (χ3v) is 8.19. The summed E-state index contributed by atoms with van der Waals surface area (Å²) in [5, 5.41) is 23.8. The van der Waals surface area contributed by atoms with E-state index in [1.165, 1.54) is 63.1 Å². The zero-order chi connectivity index (χ0) is 22.4. The summed E-state index contributed by atoms with van der Waals surface area (Å²) in [4.78, 5) is 9.02. The minimum atomic E-state index is 0.241. The van der Waals surface area contributed by atoms with Crippen molar-refractivity contribution in [3.63, 3.8) is 0 Å². The maximum absolute atomic E-state index is 10.3. The molecule has 3 aliphatic rings. The summed E-state index contributed by atoms with van der Waals surface area (Å²) in [5.41, 5.74) is 4.97. The lowest BCUT2D eigenvalue weighted by molar-refractivity contribution is 0.0501. The van der Waals surface area contributed by atoms with Gasteiger partial charge in [-0.2, -0.15) is 0 Å². The van der Waals surface area contributed by atoms with Crippen LogP contribution in [0, 0.1) is 0 Å². The van der Waals surface area contributed by atoms with Crippen molar-refractivity contribution in [2.75, 3.05) is 32.7 Å². The van der Waals surface area contributed by atoms with Crippen molar-refractivity contribution in [2.45, 2.75) is 57.2 Å². The number of aromatic hydroxyl groups is 1. The molecule has 3 aliphatic heterocycles. The van der Waals surface area contributed by atoms with Crippen LogP contribution in [0.15, 0.2) is 30.3 Å². The smallest absolute Gasteiger partial charge is 0.160 e. The van der Waals surface area contributed by atoms with Gasteiger partial charge in [-0.05, 0) is 82.5 Å². The molecule has 5 heterocycles. The number of phenolic OH excluding ortho intramolecular Hbond substituents is 1. The highest BCUT2D eigenvalue weighted by molar-refractivity contribution is 5.86. The van der Waals surface area contributed by atoms with E-state index in [9.17, 15) is 5.11 Å². The van der Waals surface area contributed by atoms with Crippen molar-refractivity contribution in [2.24, 2.45) is 0 Å². The van der Waals surface area contributed by atoms with Gasteiger partial charge in [0, 0.05) is 47.7 Å². The summed E-state index contributed by atoms with van der Waals surface area (Å²) in [7, 11) is 0. The van der Waals surface area contributed by atoms with E-state index in [0.29, 0.717) is 12.1 Å². The molecule has 33 heavy (non-hydrogen) atoms. The molecule has 0 bridgehead atoms. The topological polar surface area (TPSA) is 80.3 Å². The van der Waals surface area contributed by atoms with E-state index >= 15 is 0 Å². The molecule has 7 nitrogen and oxygen atoms in total. The molecule has 0 radical (unpaired) electrons. The Morgan fingerprint density at radius 1 is 0.970 bits per heavy atom. The normalized spacial score (nSPS) is 23.7. The first-order chi connectivity index (χ1) is 16.2. The monoisotopic (exact) mass is 446 g/mol. The molecule has 174 valence electrons. The van der Waals surface area contributed by atoms with Gasteiger partial charge in [0.05, 0.1) is 5.69 Å². The number of aromatic amines is 1. The molecule has 0 aliphatic carbocycles. The van der Waals surface area contributed by atoms with Gasteiger partial charge in [0.1, 0.15) is 5.75 Å². The van der Waals surface area contributed by atoms with Crippen LogP contribution < -0.4 is 5.32 Å². The van der Waals surface area contributed by atoms with Gasteiger partial charge in [0.25, 0.3) is 0 Å². The Morgan fingerprint density at radius 3 is 2.55 bits per heavy atom. The second kappa shape index (κ2) is 8.70. The molecular weight excluding hydrogens is 412 g/mol. The predicted molar refractivity (Wildman–Crippen MR) is 130 cm³/mol. The second-order valence-corrected chi connectivity index (χ2v) is 9.94. The maximum atomic E-state index is 10.3. The molecule has 2 saturated heterocycles. The van der Waals surface area contributed by atoms with Crippen LogP contribution in [0.1, 0.15) is 49.9 Å². The summed E-state index contributed by atoms with van der Waals surface area (Å²) in [6, 6.07) is 11.2. The molecular formula is C26H34N6O. The van der Waals surface area contributed by atoms with Gasteiger partial charge in [-0.15, -0.1) is 10.2 Å². The lowest BCUT2D eigenvalue weighted by Gasteiger charge is -2.45. The first-order valence-corrected chi connectivity index (χ1v) is 12.6. The third-order valence-electron chi connectivity index (χ3n) is 8.19. The van der Waals surface area contributed by atoms with Gasteiger partial charge in [0.2, 0.25) is 0 Å². The molecule has 0 spiro atoms. The van der Waals surface area contributed by atoms with Crippen LogP contribution in [0.3, 0.4) is 0 Å². The number of aromatic nitrogens is 3. The molecule has 0 amide bonds. The van der Waals surface area contributed by atoms with Gasteiger partial charge in [0.15, 0.2) is 5.65 Å². The Labute approximate surface area is 195 Å². The standard InChI is InChI=1S/C26H34N6O/c1-17-25-21-16-23(20-4-2-3-5-24(20)33)29-30-26(21)28-22(25)10-15-32(17)19-8-13-31(14-9-19)18-6-11-27-12-7-18/h2-5,16-19,27,33H,6-15H2,1H3,(H,28,30). The summed E-state index contributed by atoms with van der Waals surface area (Å²) >= 11 is 0. The second-order valence-electron chi connectivity index (χ2n) is 9.94. The molecule has 6 rings (SSSR count). The van der Waals surface area contributed by atoms with E-state index in [4.69, 9.17) is 0 Å². The van der Waals surface area contributed by atoms with Crippen molar-refractivity contribution in [3.05, 3.63) is 41.6 Å². The van der Waals surface area contributed by atoms with Crippen molar-refractivity contribution < 1.29 is 5.11 Å². The average molecular weight is 447 g/mol. The number of rotatable bonds is 3. The molecule has 2 aromatic heterocycles. The largest absolute Gasteiger partial charge is 0.507 e. The molecule has 2 fully saturated rings. The van der Waals surface area contributed by atoms with Crippen LogP contribution in [-0.4, -0.2) is 74.9 Å². The minimum absolute atomic E-state index is 0.241. The van der Waals surface area contributed by atoms with Crippen LogP contribution >= 0.6 is 0 Å². The number of phenols is 1. The van der Waals surface area contributed by atoms with Crippen LogP contribution in [0.25, 0.3) is 22.3 Å². The predicted octanol–water partition coefficient (Wildman–Crippen LogP) is 3.47. The van der Waals surface area contributed by atoms with E-state index in [2.05, 4.69) is 43.3 Å². The molecule has 7 heteroatoms. The van der Waals surface area contributed by atoms with Crippen molar-refractivity contribution in [3.8, 4) is 17.0 Å². The molecule has 1 unspecified atom stereocenters. The Balaban J connectivity index is 1.24. The number of hydrogen-bond donors (Lipinski definition) is 3. The van der Waals surface area contributed by atoms with Crippen molar-refractivity contribution in [1.29, 1.82) is 0 Å². The number of nitrogens with zero attached hydrogens (tertiary/aromatic N) is 4. The minimum Gasteiger partial charge on any atom is -0.507 e. The van der Waals surface area contributed by atoms with Gasteiger partial charge >= 0.3 is 0 Å². The van der Waals surface area contributed by atoms with E-state index < -0.39 is 0 Å². The van der Waals surface area contributed by atoms with E-state index in [1.54, 1.807) is 6.07 Å². The first-order valence-electron chi connectivity index (χ1n) is 12.6. The number of benzene rings is 1. The summed E-state index contributed by atoms with van der Waals surface area (Å²) in [6.07, 6.45) is 6.13. The zero-order valence-corrected chi connectivity index (χ0v) is 19.4. The number of fused-ring (bicyclic) bond motifs is 3. The van der Waals surface area contributed by atoms with Gasteiger partial charge < -0.3 is 20.3 Å². The van der Waals surface area contributed by atoms with Gasteiger partial charge in [-0.1, -0.05) is 12.1 Å². The lowest BCUT2D eigenvalue weighted by Crippen LogP contribution is -2.51. The first kappa shape index (κ1) is 21.1. The van der Waals surface area contributed by atoms with E-state index in [1.807, 2.05) is 18.2 Å². The van der Waals surface area contributed by atoms with Crippen LogP contribution in [0.2, 0.25) is 0 Å². The number of para-hydroxylation sites is 1. The number of likely N-dealkylation sites (tertiary alicyclic amines) is 1. The van der Waals surface area contributed by atoms with Crippen molar-refractivity contribution in [1.82, 2.24) is 30.3 Å². The van der Waals surface area contributed by atoms with E-state index in [-0.39, 0.29) is 5.75 Å². The Bertz CT molecular complexity index is 1130. The van der Waals surface area contributed by atoms with Crippen molar-refractivity contribution >= 4 is 11.0 Å². The Kier molecular flexibility index (Phi) is 5.56. The molecule has 3 N–H and O–H groups in total. The molecule has 0 saturated carbocycles. The summed E-state index contributed by atoms with van der Waals surface area (Å²) < 4.78 is 0. The number of piperidine rings is 2. The maximum Gasteiger partial charge on any atom is 0.160 e. The van der Waals surface area contributed by atoms with Crippen LogP contribution in [0.4, 0.5) is 0 Å². The number of H-pyrrole nitrogens is 1. The fourth-order valence-corrected chi connectivity index (χ4v) is 6.41. The number of hydrogen-bond acceptors (Lipinski definition) is 6.